The van der Waals surface area contributed by atoms with E-state index in [0.29, 0.717) is 0 Å². The first-order valence-electron chi connectivity index (χ1n) is 5.38. The lowest BCUT2D eigenvalue weighted by molar-refractivity contribution is -0.0375. The molecule has 1 aliphatic rings. The first kappa shape index (κ1) is 20.4. The van der Waals surface area contributed by atoms with Crippen LogP contribution in [0.25, 0.3) is 0 Å². The van der Waals surface area contributed by atoms with Gasteiger partial charge in [0.2, 0.25) is 0 Å². The Balaban J connectivity index is 2.59. The van der Waals surface area contributed by atoms with E-state index in [2.05, 4.69) is 18.0 Å². The van der Waals surface area contributed by atoms with E-state index in [1.165, 1.54) is 0 Å². The molecule has 1 aliphatic heterocycles. The number of ether oxygens (including phenoxy) is 1. The molecule has 22 heavy (non-hydrogen) atoms. The number of phosphoric ester groups is 1. The minimum Gasteiger partial charge on any atom is -0.379 e. The quantitative estimate of drug-likeness (QED) is 0.191. The van der Waals surface area contributed by atoms with Gasteiger partial charge in [-0.1, -0.05) is 0 Å². The molecule has 1 rings (SSSR count). The van der Waals surface area contributed by atoms with Gasteiger partial charge in [-0.25, -0.2) is 19.6 Å². The standard InChI is InChI=1S/C5H13BNO12P3/c6-5-1-3(17-7)4(16-5)2-15-21(11,12)19-22(13,14)18-20(8,9)10/h3-5H,1-2,7H2,(H,11,12)(H,13,14)(H2,8,9,10)/t3-,4?,5-/m1/s1. The van der Waals surface area contributed by atoms with Crippen molar-refractivity contribution in [2.24, 2.45) is 5.90 Å². The summed E-state index contributed by atoms with van der Waals surface area (Å²) in [5.74, 6) is 4.95. The fourth-order valence-electron chi connectivity index (χ4n) is 1.51. The molecule has 1 heterocycles. The molecule has 1 saturated heterocycles. The van der Waals surface area contributed by atoms with E-state index in [0.717, 1.165) is 0 Å². The predicted octanol–water partition coefficient (Wildman–Crippen LogP) is -1.13. The summed E-state index contributed by atoms with van der Waals surface area (Å²) in [5, 5.41) is 0. The monoisotopic (exact) mass is 383 g/mol. The van der Waals surface area contributed by atoms with Crippen LogP contribution in [0.5, 0.6) is 0 Å². The number of hydrogen-bond acceptors (Lipinski definition) is 9. The van der Waals surface area contributed by atoms with E-state index < -0.39 is 48.3 Å². The van der Waals surface area contributed by atoms with Gasteiger partial charge in [-0.15, -0.1) is 0 Å². The lowest BCUT2D eigenvalue weighted by atomic mass is 9.96. The van der Waals surface area contributed by atoms with E-state index in [4.69, 9.17) is 33.2 Å². The van der Waals surface area contributed by atoms with Crippen LogP contribution in [0.1, 0.15) is 6.42 Å². The third-order valence-electron chi connectivity index (χ3n) is 2.22. The summed E-state index contributed by atoms with van der Waals surface area (Å²) in [6, 6.07) is -0.761. The molecule has 17 heteroatoms. The summed E-state index contributed by atoms with van der Waals surface area (Å²) >= 11 is 0. The fourth-order valence-corrected chi connectivity index (χ4v) is 4.54. The van der Waals surface area contributed by atoms with Gasteiger partial charge in [0.05, 0.1) is 6.61 Å². The first-order valence-corrected chi connectivity index (χ1v) is 9.90. The second-order valence-corrected chi connectivity index (χ2v) is 8.43. The minimum absolute atomic E-state index is 0.168. The topological polar surface area (TPSA) is 204 Å². The summed E-state index contributed by atoms with van der Waals surface area (Å²) in [4.78, 5) is 39.3. The zero-order valence-corrected chi connectivity index (χ0v) is 13.4. The maximum atomic E-state index is 11.4. The third-order valence-corrected chi connectivity index (χ3v) is 6.02. The van der Waals surface area contributed by atoms with Crippen LogP contribution < -0.4 is 5.90 Å². The highest BCUT2D eigenvalue weighted by Crippen LogP contribution is 2.66. The molecule has 0 spiro atoms. The summed E-state index contributed by atoms with van der Waals surface area (Å²) < 4.78 is 49.4. The summed E-state index contributed by atoms with van der Waals surface area (Å²) in [6.45, 7) is -0.667. The second-order valence-electron chi connectivity index (χ2n) is 4.01. The fraction of sp³-hybridized carbons (Fsp3) is 1.00. The number of phosphoric acid groups is 3. The van der Waals surface area contributed by atoms with Crippen molar-refractivity contribution in [2.45, 2.75) is 24.6 Å². The van der Waals surface area contributed by atoms with Gasteiger partial charge >= 0.3 is 23.5 Å². The summed E-state index contributed by atoms with van der Waals surface area (Å²) in [6.07, 6.45) is -1.56. The highest BCUT2D eigenvalue weighted by molar-refractivity contribution is 7.66. The van der Waals surface area contributed by atoms with Gasteiger partial charge in [-0.05, 0) is 6.42 Å². The molecule has 2 radical (unpaired) electrons. The Morgan fingerprint density at radius 3 is 2.23 bits per heavy atom. The molecule has 13 nitrogen and oxygen atoms in total. The van der Waals surface area contributed by atoms with Crippen molar-refractivity contribution in [1.82, 2.24) is 0 Å². The molecular weight excluding hydrogens is 370 g/mol. The molecule has 5 atom stereocenters. The molecule has 0 amide bonds. The average molecular weight is 383 g/mol. The van der Waals surface area contributed by atoms with Crippen LogP contribution in [0.3, 0.4) is 0 Å². The van der Waals surface area contributed by atoms with Crippen LogP contribution in [0.2, 0.25) is 0 Å². The molecule has 0 aromatic heterocycles. The normalized spacial score (nSPS) is 31.6. The molecule has 3 unspecified atom stereocenters. The molecule has 1 fully saturated rings. The van der Waals surface area contributed by atoms with E-state index in [1.807, 2.05) is 0 Å². The maximum absolute atomic E-state index is 11.4. The lowest BCUT2D eigenvalue weighted by Gasteiger charge is -2.20. The summed E-state index contributed by atoms with van der Waals surface area (Å²) in [5.41, 5.74) is 0. The highest BCUT2D eigenvalue weighted by atomic mass is 31.3. The van der Waals surface area contributed by atoms with E-state index >= 15 is 0 Å². The van der Waals surface area contributed by atoms with Gasteiger partial charge < -0.3 is 24.3 Å². The van der Waals surface area contributed by atoms with Crippen LogP contribution in [0.15, 0.2) is 0 Å². The Morgan fingerprint density at radius 1 is 1.14 bits per heavy atom. The van der Waals surface area contributed by atoms with Crippen molar-refractivity contribution in [3.63, 3.8) is 0 Å². The highest BCUT2D eigenvalue weighted by Gasteiger charge is 2.42. The number of nitrogens with two attached hydrogens (primary N) is 1. The van der Waals surface area contributed by atoms with Crippen molar-refractivity contribution >= 4 is 31.3 Å². The third kappa shape index (κ3) is 7.28. The molecule has 0 bridgehead atoms. The van der Waals surface area contributed by atoms with E-state index in [9.17, 15) is 18.6 Å². The zero-order valence-electron chi connectivity index (χ0n) is 10.7. The van der Waals surface area contributed by atoms with Crippen LogP contribution >= 0.6 is 23.5 Å². The molecule has 128 valence electrons. The molecule has 0 aromatic carbocycles. The van der Waals surface area contributed by atoms with Crippen molar-refractivity contribution in [2.75, 3.05) is 6.61 Å². The SMILES string of the molecule is [B][C@H]1C[C@@H](ON)C(COP(=O)(O)OP(=O)(O)OP(=O)(O)O)O1. The van der Waals surface area contributed by atoms with Crippen LogP contribution in [0.4, 0.5) is 0 Å². The second kappa shape index (κ2) is 7.50. The maximum Gasteiger partial charge on any atom is 0.490 e. The molecule has 0 aliphatic carbocycles. The Bertz CT molecular complexity index is 523. The van der Waals surface area contributed by atoms with Gasteiger partial charge in [0.1, 0.15) is 20.1 Å². The van der Waals surface area contributed by atoms with Crippen molar-refractivity contribution in [3.8, 4) is 0 Å². The van der Waals surface area contributed by atoms with Gasteiger partial charge in [0.15, 0.2) is 0 Å². The van der Waals surface area contributed by atoms with Gasteiger partial charge in [-0.3, -0.25) is 9.36 Å². The van der Waals surface area contributed by atoms with Gasteiger partial charge in [0.25, 0.3) is 0 Å². The van der Waals surface area contributed by atoms with E-state index in [-0.39, 0.29) is 6.42 Å². The van der Waals surface area contributed by atoms with E-state index in [1.54, 1.807) is 0 Å². The Labute approximate surface area is 125 Å². The number of hydrogen-bond donors (Lipinski definition) is 5. The number of rotatable bonds is 8. The molecule has 0 saturated carbocycles. The van der Waals surface area contributed by atoms with Crippen molar-refractivity contribution in [3.05, 3.63) is 0 Å². The predicted molar refractivity (Wildman–Crippen MR) is 67.9 cm³/mol. The van der Waals surface area contributed by atoms with Gasteiger partial charge in [0, 0.05) is 6.00 Å². The minimum atomic E-state index is -5.55. The smallest absolute Gasteiger partial charge is 0.379 e. The first-order chi connectivity index (χ1) is 9.84. The largest absolute Gasteiger partial charge is 0.490 e. The van der Waals surface area contributed by atoms with Gasteiger partial charge in [-0.2, -0.15) is 8.62 Å². The van der Waals surface area contributed by atoms with Crippen LogP contribution in [-0.4, -0.2) is 52.2 Å². The molecular formula is C5H13BNO12P3. The lowest BCUT2D eigenvalue weighted by Crippen LogP contribution is -2.31. The Kier molecular flexibility index (Phi) is 6.95. The average Bonchev–Trinajstić information content (AvgIpc) is 2.62. The Hall–Kier alpha value is 0.355. The van der Waals surface area contributed by atoms with Crippen LogP contribution in [-0.2, 0) is 36.4 Å². The summed E-state index contributed by atoms with van der Waals surface area (Å²) in [7, 11) is -10.8. The van der Waals surface area contributed by atoms with Crippen molar-refractivity contribution in [1.29, 1.82) is 0 Å². The zero-order chi connectivity index (χ0) is 17.2. The van der Waals surface area contributed by atoms with Crippen LogP contribution in [0, 0.1) is 0 Å². The molecule has 6 N–H and O–H groups in total. The molecule has 0 aromatic rings. The Morgan fingerprint density at radius 2 is 1.73 bits per heavy atom. The van der Waals surface area contributed by atoms with Crippen molar-refractivity contribution < 1.29 is 56.0 Å².